The van der Waals surface area contributed by atoms with Gasteiger partial charge < -0.3 is 5.32 Å². The van der Waals surface area contributed by atoms with E-state index in [1.54, 1.807) is 16.8 Å². The smallest absolute Gasteiger partial charge is 0.217 e. The molecule has 2 rings (SSSR count). The Labute approximate surface area is 93.9 Å². The number of halogens is 1. The highest BCUT2D eigenvalue weighted by atomic mass is 79.9. The van der Waals surface area contributed by atoms with Crippen molar-refractivity contribution in [1.29, 1.82) is 0 Å². The molecule has 2 heterocycles. The van der Waals surface area contributed by atoms with Crippen molar-refractivity contribution in [1.82, 2.24) is 24.9 Å². The molecule has 0 aliphatic heterocycles. The zero-order valence-corrected chi connectivity index (χ0v) is 9.52. The molecule has 0 fully saturated rings. The summed E-state index contributed by atoms with van der Waals surface area (Å²) in [5, 5.41) is 10.6. The number of carbonyl (C=O) groups is 1. The standard InChI is InChI=1S/C8H8BrN5O/c1-5(15)11-4-6-12-13-8-7(9)10-2-3-14(6)8/h2-3H,4H2,1H3,(H,11,15). The molecule has 1 amide bonds. The molecule has 0 radical (unpaired) electrons. The van der Waals surface area contributed by atoms with Crippen LogP contribution in [0, 0.1) is 0 Å². The first-order valence-electron chi connectivity index (χ1n) is 4.27. The summed E-state index contributed by atoms with van der Waals surface area (Å²) in [4.78, 5) is 14.8. The van der Waals surface area contributed by atoms with Crippen LogP contribution in [0.3, 0.4) is 0 Å². The van der Waals surface area contributed by atoms with Gasteiger partial charge in [-0.2, -0.15) is 0 Å². The van der Waals surface area contributed by atoms with Gasteiger partial charge in [-0.05, 0) is 15.9 Å². The Morgan fingerprint density at radius 2 is 2.40 bits per heavy atom. The van der Waals surface area contributed by atoms with Crippen LogP contribution in [0.15, 0.2) is 17.0 Å². The Kier molecular flexibility index (Phi) is 2.63. The maximum atomic E-state index is 10.8. The number of rotatable bonds is 2. The number of nitrogens with one attached hydrogen (secondary N) is 1. The van der Waals surface area contributed by atoms with Gasteiger partial charge in [0.25, 0.3) is 0 Å². The maximum absolute atomic E-state index is 10.8. The number of amides is 1. The van der Waals surface area contributed by atoms with Crippen molar-refractivity contribution < 1.29 is 4.79 Å². The molecule has 0 aromatic carbocycles. The summed E-state index contributed by atoms with van der Waals surface area (Å²) in [6, 6.07) is 0. The van der Waals surface area contributed by atoms with Gasteiger partial charge in [0.1, 0.15) is 0 Å². The average molecular weight is 270 g/mol. The fraction of sp³-hybridized carbons (Fsp3) is 0.250. The van der Waals surface area contributed by atoms with E-state index in [1.165, 1.54) is 6.92 Å². The lowest BCUT2D eigenvalue weighted by Gasteiger charge is -2.00. The summed E-state index contributed by atoms with van der Waals surface area (Å²) in [7, 11) is 0. The molecule has 78 valence electrons. The van der Waals surface area contributed by atoms with Crippen LogP contribution in [0.1, 0.15) is 12.7 Å². The summed E-state index contributed by atoms with van der Waals surface area (Å²) in [5.74, 6) is 0.572. The largest absolute Gasteiger partial charge is 0.349 e. The predicted molar refractivity (Wildman–Crippen MR) is 56.0 cm³/mol. The number of nitrogens with zero attached hydrogens (tertiary/aromatic N) is 4. The maximum Gasteiger partial charge on any atom is 0.217 e. The highest BCUT2D eigenvalue weighted by Gasteiger charge is 2.08. The SMILES string of the molecule is CC(=O)NCc1nnc2c(Br)nccn12. The summed E-state index contributed by atoms with van der Waals surface area (Å²) in [5.41, 5.74) is 0.637. The Morgan fingerprint density at radius 1 is 1.60 bits per heavy atom. The lowest BCUT2D eigenvalue weighted by atomic mass is 10.5. The third kappa shape index (κ3) is 1.96. The van der Waals surface area contributed by atoms with Gasteiger partial charge in [0.15, 0.2) is 16.1 Å². The van der Waals surface area contributed by atoms with E-state index >= 15 is 0 Å². The van der Waals surface area contributed by atoms with Crippen LogP contribution in [-0.4, -0.2) is 25.5 Å². The molecule has 6 nitrogen and oxygen atoms in total. The Bertz CT molecular complexity index is 509. The van der Waals surface area contributed by atoms with E-state index in [0.717, 1.165) is 0 Å². The van der Waals surface area contributed by atoms with Gasteiger partial charge in [-0.15, -0.1) is 10.2 Å². The van der Waals surface area contributed by atoms with Crippen LogP contribution in [-0.2, 0) is 11.3 Å². The van der Waals surface area contributed by atoms with Crippen LogP contribution in [0.2, 0.25) is 0 Å². The number of fused-ring (bicyclic) bond motifs is 1. The minimum atomic E-state index is -0.0973. The van der Waals surface area contributed by atoms with Crippen molar-refractivity contribution in [2.24, 2.45) is 0 Å². The first kappa shape index (κ1) is 10.0. The molecule has 0 unspecified atom stereocenters. The van der Waals surface area contributed by atoms with Crippen LogP contribution in [0.4, 0.5) is 0 Å². The molecule has 0 aliphatic carbocycles. The molecule has 2 aromatic heterocycles. The molecule has 15 heavy (non-hydrogen) atoms. The number of hydrogen-bond acceptors (Lipinski definition) is 4. The van der Waals surface area contributed by atoms with Crippen molar-refractivity contribution in [3.63, 3.8) is 0 Å². The average Bonchev–Trinajstić information content (AvgIpc) is 2.59. The van der Waals surface area contributed by atoms with E-state index in [1.807, 2.05) is 0 Å². The second kappa shape index (κ2) is 3.93. The lowest BCUT2D eigenvalue weighted by Crippen LogP contribution is -2.20. The highest BCUT2D eigenvalue weighted by molar-refractivity contribution is 9.10. The fourth-order valence-electron chi connectivity index (χ4n) is 1.17. The van der Waals surface area contributed by atoms with Gasteiger partial charge in [-0.25, -0.2) is 4.98 Å². The molecular weight excluding hydrogens is 262 g/mol. The van der Waals surface area contributed by atoms with Crippen molar-refractivity contribution in [2.45, 2.75) is 13.5 Å². The van der Waals surface area contributed by atoms with Crippen molar-refractivity contribution in [3.05, 3.63) is 22.8 Å². The van der Waals surface area contributed by atoms with Gasteiger partial charge in [0.2, 0.25) is 5.91 Å². The van der Waals surface area contributed by atoms with Crippen molar-refractivity contribution in [2.75, 3.05) is 0 Å². The summed E-state index contributed by atoms with van der Waals surface area (Å²) >= 11 is 3.27. The number of aromatic nitrogens is 4. The van der Waals surface area contributed by atoms with Crippen LogP contribution >= 0.6 is 15.9 Å². The summed E-state index contributed by atoms with van der Waals surface area (Å²) < 4.78 is 2.40. The highest BCUT2D eigenvalue weighted by Crippen LogP contribution is 2.12. The monoisotopic (exact) mass is 269 g/mol. The van der Waals surface area contributed by atoms with Gasteiger partial charge in [-0.1, -0.05) is 0 Å². The molecule has 0 bridgehead atoms. The quantitative estimate of drug-likeness (QED) is 0.863. The van der Waals surface area contributed by atoms with E-state index in [0.29, 0.717) is 22.6 Å². The molecule has 0 saturated carbocycles. The van der Waals surface area contributed by atoms with Crippen LogP contribution in [0.25, 0.3) is 5.65 Å². The third-order valence-corrected chi connectivity index (χ3v) is 2.41. The summed E-state index contributed by atoms with van der Waals surface area (Å²) in [6.45, 7) is 1.81. The molecular formula is C8H8BrN5O. The minimum absolute atomic E-state index is 0.0973. The molecule has 0 aliphatic rings. The van der Waals surface area contributed by atoms with Gasteiger partial charge in [0, 0.05) is 19.3 Å². The first-order valence-corrected chi connectivity index (χ1v) is 5.06. The second-order valence-electron chi connectivity index (χ2n) is 2.94. The van der Waals surface area contributed by atoms with Crippen molar-refractivity contribution >= 4 is 27.5 Å². The lowest BCUT2D eigenvalue weighted by molar-refractivity contribution is -0.119. The fourth-order valence-corrected chi connectivity index (χ4v) is 1.56. The molecule has 0 atom stereocenters. The van der Waals surface area contributed by atoms with Crippen molar-refractivity contribution in [3.8, 4) is 0 Å². The molecule has 0 spiro atoms. The predicted octanol–water partition coefficient (Wildman–Crippen LogP) is 0.523. The van der Waals surface area contributed by atoms with E-state index in [-0.39, 0.29) is 5.91 Å². The van der Waals surface area contributed by atoms with Gasteiger partial charge >= 0.3 is 0 Å². The Morgan fingerprint density at radius 3 is 3.13 bits per heavy atom. The third-order valence-electron chi connectivity index (χ3n) is 1.85. The first-order chi connectivity index (χ1) is 7.18. The van der Waals surface area contributed by atoms with Crippen LogP contribution < -0.4 is 5.32 Å². The van der Waals surface area contributed by atoms with E-state index in [2.05, 4.69) is 36.4 Å². The molecule has 1 N–H and O–H groups in total. The molecule has 2 aromatic rings. The number of carbonyl (C=O) groups excluding carboxylic acids is 1. The minimum Gasteiger partial charge on any atom is -0.349 e. The molecule has 7 heteroatoms. The van der Waals surface area contributed by atoms with Gasteiger partial charge in [-0.3, -0.25) is 9.20 Å². The zero-order valence-electron chi connectivity index (χ0n) is 7.94. The zero-order chi connectivity index (χ0) is 10.8. The van der Waals surface area contributed by atoms with E-state index in [4.69, 9.17) is 0 Å². The van der Waals surface area contributed by atoms with E-state index in [9.17, 15) is 4.79 Å². The van der Waals surface area contributed by atoms with E-state index < -0.39 is 0 Å². The topological polar surface area (TPSA) is 72.2 Å². The Balaban J connectivity index is 2.37. The van der Waals surface area contributed by atoms with Crippen LogP contribution in [0.5, 0.6) is 0 Å². The molecule has 0 saturated heterocycles. The Hall–Kier alpha value is -1.50. The second-order valence-corrected chi connectivity index (χ2v) is 3.69. The van der Waals surface area contributed by atoms with Gasteiger partial charge in [0.05, 0.1) is 6.54 Å². The normalized spacial score (nSPS) is 10.5. The summed E-state index contributed by atoms with van der Waals surface area (Å²) in [6.07, 6.45) is 3.38. The number of hydrogen-bond donors (Lipinski definition) is 1.